The van der Waals surface area contributed by atoms with Crippen LogP contribution >= 0.6 is 0 Å². The summed E-state index contributed by atoms with van der Waals surface area (Å²) < 4.78 is 5.39. The Hall–Kier alpha value is -2.50. The van der Waals surface area contributed by atoms with Gasteiger partial charge in [0.05, 0.1) is 7.11 Å². The number of rotatable bonds is 8. The number of hydrogen-bond donors (Lipinski definition) is 2. The third kappa shape index (κ3) is 6.73. The number of amides is 1. The van der Waals surface area contributed by atoms with Crippen LogP contribution in [0.15, 0.2) is 35.8 Å². The normalized spacial score (nSPS) is 10.9. The number of nitrogens with zero attached hydrogens (tertiary/aromatic N) is 2. The number of aryl methyl sites for hydroxylation is 1. The van der Waals surface area contributed by atoms with Crippen LogP contribution in [-0.2, 0) is 11.2 Å². The van der Waals surface area contributed by atoms with Crippen molar-refractivity contribution in [1.29, 1.82) is 0 Å². The number of aliphatic imine (C=N–C) groups is 1. The molecule has 0 aliphatic rings. The van der Waals surface area contributed by atoms with E-state index in [0.717, 1.165) is 17.7 Å². The third-order valence-corrected chi connectivity index (χ3v) is 3.41. The largest absolute Gasteiger partial charge is 0.496 e. The highest BCUT2D eigenvalue weighted by Gasteiger charge is 2.06. The molecule has 0 saturated carbocycles. The summed E-state index contributed by atoms with van der Waals surface area (Å²) in [4.78, 5) is 17.5. The molecule has 0 spiro atoms. The number of carbonyl (C=O) groups is 1. The highest BCUT2D eigenvalue weighted by atomic mass is 16.5. The zero-order valence-corrected chi connectivity index (χ0v) is 15.1. The minimum atomic E-state index is -0.0462. The van der Waals surface area contributed by atoms with Gasteiger partial charge in [-0.2, -0.15) is 0 Å². The molecule has 0 radical (unpaired) electrons. The molecular formula is C18H28N4O2. The van der Waals surface area contributed by atoms with Gasteiger partial charge in [-0.15, -0.1) is 6.58 Å². The van der Waals surface area contributed by atoms with Crippen LogP contribution in [0.5, 0.6) is 5.75 Å². The van der Waals surface area contributed by atoms with Gasteiger partial charge in [-0.3, -0.25) is 4.79 Å². The van der Waals surface area contributed by atoms with Crippen molar-refractivity contribution < 1.29 is 9.53 Å². The monoisotopic (exact) mass is 332 g/mol. The van der Waals surface area contributed by atoms with E-state index in [0.29, 0.717) is 19.0 Å². The standard InChI is InChI=1S/C18H28N4O2/c1-6-10-19-18(21-13-17(23)22(3)4)20-11-9-15-12-14(2)7-8-16(15)24-5/h6-8,12H,1,9-11,13H2,2-5H3,(H2,19,20,21). The number of benzene rings is 1. The molecule has 0 aliphatic heterocycles. The van der Waals surface area contributed by atoms with Crippen LogP contribution in [0.25, 0.3) is 0 Å². The maximum atomic E-state index is 11.7. The first-order valence-electron chi connectivity index (χ1n) is 7.94. The van der Waals surface area contributed by atoms with Gasteiger partial charge in [-0.1, -0.05) is 23.8 Å². The SMILES string of the molecule is C=CCNC(=NCC(=O)N(C)C)NCCc1cc(C)ccc1OC. The highest BCUT2D eigenvalue weighted by molar-refractivity contribution is 5.84. The summed E-state index contributed by atoms with van der Waals surface area (Å²) in [7, 11) is 5.10. The minimum Gasteiger partial charge on any atom is -0.496 e. The molecule has 0 fully saturated rings. The number of ether oxygens (including phenoxy) is 1. The first kappa shape index (κ1) is 19.5. The van der Waals surface area contributed by atoms with Gasteiger partial charge in [-0.25, -0.2) is 4.99 Å². The molecule has 2 N–H and O–H groups in total. The molecule has 24 heavy (non-hydrogen) atoms. The van der Waals surface area contributed by atoms with Crippen LogP contribution in [0, 0.1) is 6.92 Å². The Bertz CT molecular complexity index is 582. The second-order valence-electron chi connectivity index (χ2n) is 5.61. The highest BCUT2D eigenvalue weighted by Crippen LogP contribution is 2.19. The summed E-state index contributed by atoms with van der Waals surface area (Å²) in [5.41, 5.74) is 2.33. The lowest BCUT2D eigenvalue weighted by atomic mass is 10.1. The number of methoxy groups -OCH3 is 1. The maximum Gasteiger partial charge on any atom is 0.243 e. The summed E-state index contributed by atoms with van der Waals surface area (Å²) in [6.07, 6.45) is 2.54. The topological polar surface area (TPSA) is 66.0 Å². The Labute approximate surface area is 144 Å². The quantitative estimate of drug-likeness (QED) is 0.428. The minimum absolute atomic E-state index is 0.0462. The number of nitrogens with one attached hydrogen (secondary N) is 2. The number of likely N-dealkylation sites (N-methyl/N-ethyl adjacent to an activating group) is 1. The fraction of sp³-hybridized carbons (Fsp3) is 0.444. The van der Waals surface area contributed by atoms with E-state index in [1.807, 2.05) is 12.1 Å². The van der Waals surface area contributed by atoms with E-state index < -0.39 is 0 Å². The van der Waals surface area contributed by atoms with Crippen molar-refractivity contribution in [3.63, 3.8) is 0 Å². The number of carbonyl (C=O) groups excluding carboxylic acids is 1. The lowest BCUT2D eigenvalue weighted by Gasteiger charge is -2.14. The van der Waals surface area contributed by atoms with Crippen molar-refractivity contribution in [2.24, 2.45) is 4.99 Å². The van der Waals surface area contributed by atoms with Crippen LogP contribution in [-0.4, -0.2) is 57.6 Å². The van der Waals surface area contributed by atoms with Gasteiger partial charge in [0.15, 0.2) is 5.96 Å². The summed E-state index contributed by atoms with van der Waals surface area (Å²) in [5, 5.41) is 6.34. The van der Waals surface area contributed by atoms with E-state index in [-0.39, 0.29) is 12.5 Å². The Morgan fingerprint density at radius 2 is 2.12 bits per heavy atom. The Morgan fingerprint density at radius 3 is 2.75 bits per heavy atom. The second-order valence-corrected chi connectivity index (χ2v) is 5.61. The predicted octanol–water partition coefficient (Wildman–Crippen LogP) is 1.36. The van der Waals surface area contributed by atoms with Crippen LogP contribution in [0.4, 0.5) is 0 Å². The van der Waals surface area contributed by atoms with Crippen molar-refractivity contribution in [3.8, 4) is 5.75 Å². The van der Waals surface area contributed by atoms with Crippen molar-refractivity contribution in [2.75, 3.05) is 40.8 Å². The van der Waals surface area contributed by atoms with Crippen molar-refractivity contribution in [2.45, 2.75) is 13.3 Å². The first-order chi connectivity index (χ1) is 11.5. The predicted molar refractivity (Wildman–Crippen MR) is 98.6 cm³/mol. The number of hydrogen-bond acceptors (Lipinski definition) is 3. The van der Waals surface area contributed by atoms with Crippen molar-refractivity contribution >= 4 is 11.9 Å². The van der Waals surface area contributed by atoms with Crippen LogP contribution in [0.1, 0.15) is 11.1 Å². The molecular weight excluding hydrogens is 304 g/mol. The molecule has 0 saturated heterocycles. The van der Waals surface area contributed by atoms with Gasteiger partial charge in [0, 0.05) is 27.2 Å². The Kier molecular flexibility index (Phi) is 8.39. The molecule has 6 heteroatoms. The molecule has 0 bridgehead atoms. The van der Waals surface area contributed by atoms with Gasteiger partial charge >= 0.3 is 0 Å². The fourth-order valence-electron chi connectivity index (χ4n) is 2.05. The summed E-state index contributed by atoms with van der Waals surface area (Å²) in [6, 6.07) is 6.12. The summed E-state index contributed by atoms with van der Waals surface area (Å²) in [5.74, 6) is 1.43. The summed E-state index contributed by atoms with van der Waals surface area (Å²) in [6.45, 7) is 7.10. The molecule has 6 nitrogen and oxygen atoms in total. The third-order valence-electron chi connectivity index (χ3n) is 3.41. The summed E-state index contributed by atoms with van der Waals surface area (Å²) >= 11 is 0. The van der Waals surface area contributed by atoms with Crippen molar-refractivity contribution in [1.82, 2.24) is 15.5 Å². The molecule has 1 aromatic carbocycles. The molecule has 132 valence electrons. The molecule has 0 unspecified atom stereocenters. The van der Waals surface area contributed by atoms with Gasteiger partial charge in [0.1, 0.15) is 12.3 Å². The van der Waals surface area contributed by atoms with E-state index in [2.05, 4.69) is 35.2 Å². The van der Waals surface area contributed by atoms with Crippen LogP contribution < -0.4 is 15.4 Å². The van der Waals surface area contributed by atoms with E-state index >= 15 is 0 Å². The van der Waals surface area contributed by atoms with Crippen molar-refractivity contribution in [3.05, 3.63) is 42.0 Å². The smallest absolute Gasteiger partial charge is 0.243 e. The molecule has 0 heterocycles. The zero-order valence-electron chi connectivity index (χ0n) is 15.1. The molecule has 0 aromatic heterocycles. The van der Waals surface area contributed by atoms with E-state index in [9.17, 15) is 4.79 Å². The Morgan fingerprint density at radius 1 is 1.38 bits per heavy atom. The van der Waals surface area contributed by atoms with Gasteiger partial charge in [0.25, 0.3) is 0 Å². The van der Waals surface area contributed by atoms with Crippen LogP contribution in [0.2, 0.25) is 0 Å². The maximum absolute atomic E-state index is 11.7. The van der Waals surface area contributed by atoms with Gasteiger partial charge < -0.3 is 20.3 Å². The van der Waals surface area contributed by atoms with E-state index in [1.165, 1.54) is 10.5 Å². The average Bonchev–Trinajstić information content (AvgIpc) is 2.56. The first-order valence-corrected chi connectivity index (χ1v) is 7.94. The molecule has 1 aromatic rings. The molecule has 1 rings (SSSR count). The molecule has 0 aliphatic carbocycles. The average molecular weight is 332 g/mol. The van der Waals surface area contributed by atoms with Gasteiger partial charge in [0.2, 0.25) is 5.91 Å². The lowest BCUT2D eigenvalue weighted by Crippen LogP contribution is -2.39. The van der Waals surface area contributed by atoms with E-state index in [4.69, 9.17) is 4.74 Å². The molecule has 1 amide bonds. The molecule has 0 atom stereocenters. The van der Waals surface area contributed by atoms with E-state index in [1.54, 1.807) is 27.3 Å². The fourth-order valence-corrected chi connectivity index (χ4v) is 2.05. The Balaban J connectivity index is 2.64. The van der Waals surface area contributed by atoms with Gasteiger partial charge in [-0.05, 0) is 25.0 Å². The second kappa shape index (κ2) is 10.3. The van der Waals surface area contributed by atoms with Crippen LogP contribution in [0.3, 0.4) is 0 Å². The number of guanidine groups is 1. The zero-order chi connectivity index (χ0) is 17.9. The lowest BCUT2D eigenvalue weighted by molar-refractivity contribution is -0.127.